The zero-order valence-electron chi connectivity index (χ0n) is 17.4. The Kier molecular flexibility index (Phi) is 8.89. The molecule has 0 aliphatic carbocycles. The van der Waals surface area contributed by atoms with Crippen molar-refractivity contribution in [1.29, 1.82) is 0 Å². The van der Waals surface area contributed by atoms with Gasteiger partial charge in [-0.3, -0.25) is 9.59 Å². The lowest BCUT2D eigenvalue weighted by Crippen LogP contribution is -2.35. The minimum Gasteiger partial charge on any atom is -0.423 e. The zero-order chi connectivity index (χ0) is 23.5. The van der Waals surface area contributed by atoms with Crippen molar-refractivity contribution in [3.8, 4) is 5.75 Å². The lowest BCUT2D eigenvalue weighted by atomic mass is 10.2. The predicted octanol–water partition coefficient (Wildman–Crippen LogP) is 3.79. The third-order valence-electron chi connectivity index (χ3n) is 4.24. The molecule has 0 unspecified atom stereocenters. The van der Waals surface area contributed by atoms with Gasteiger partial charge < -0.3 is 10.1 Å². The Bertz CT molecular complexity index is 1180. The molecular weight excluding hydrogens is 533 g/mol. The molecule has 0 saturated carbocycles. The van der Waals surface area contributed by atoms with Crippen molar-refractivity contribution in [3.05, 3.63) is 105 Å². The Hall–Kier alpha value is -3.79. The van der Waals surface area contributed by atoms with Crippen LogP contribution in [0.1, 0.15) is 21.5 Å². The lowest BCUT2D eigenvalue weighted by Gasteiger charge is -2.05. The molecule has 8 heteroatoms. The highest BCUT2D eigenvalue weighted by Crippen LogP contribution is 2.12. The summed E-state index contributed by atoms with van der Waals surface area (Å²) in [4.78, 5) is 35.9. The van der Waals surface area contributed by atoms with E-state index in [1.165, 1.54) is 12.3 Å². The number of halogens is 1. The summed E-state index contributed by atoms with van der Waals surface area (Å²) in [6, 6.07) is 23.2. The van der Waals surface area contributed by atoms with Gasteiger partial charge in [0.1, 0.15) is 5.75 Å². The van der Waals surface area contributed by atoms with E-state index in [2.05, 4.69) is 38.4 Å². The van der Waals surface area contributed by atoms with E-state index in [1.807, 2.05) is 42.5 Å². The average Bonchev–Trinajstić information content (AvgIpc) is 2.83. The number of ether oxygens (including phenoxy) is 1. The molecule has 2 N–H and O–H groups in total. The first-order valence-electron chi connectivity index (χ1n) is 9.91. The Morgan fingerprint density at radius 2 is 1.58 bits per heavy atom. The van der Waals surface area contributed by atoms with E-state index in [0.717, 1.165) is 9.13 Å². The monoisotopic (exact) mass is 553 g/mol. The largest absolute Gasteiger partial charge is 0.423 e. The molecule has 0 aliphatic heterocycles. The second-order valence-electron chi connectivity index (χ2n) is 6.69. The summed E-state index contributed by atoms with van der Waals surface area (Å²) in [5.41, 5.74) is 4.45. The number of benzene rings is 3. The van der Waals surface area contributed by atoms with Crippen molar-refractivity contribution in [3.63, 3.8) is 0 Å². The summed E-state index contributed by atoms with van der Waals surface area (Å²) in [5.74, 6) is -0.888. The number of rotatable bonds is 8. The van der Waals surface area contributed by atoms with Gasteiger partial charge >= 0.3 is 5.97 Å². The van der Waals surface area contributed by atoms with Crippen molar-refractivity contribution in [2.75, 3.05) is 6.54 Å². The van der Waals surface area contributed by atoms with E-state index in [4.69, 9.17) is 4.74 Å². The summed E-state index contributed by atoms with van der Waals surface area (Å²) < 4.78 is 6.05. The van der Waals surface area contributed by atoms with Crippen molar-refractivity contribution in [2.24, 2.45) is 5.10 Å². The fourth-order valence-corrected chi connectivity index (χ4v) is 3.25. The smallest absolute Gasteiger partial charge is 0.336 e. The van der Waals surface area contributed by atoms with Crippen LogP contribution in [0.3, 0.4) is 0 Å². The van der Waals surface area contributed by atoms with Gasteiger partial charge in [-0.1, -0.05) is 42.5 Å². The number of hydrogen-bond donors (Lipinski definition) is 2. The summed E-state index contributed by atoms with van der Waals surface area (Å²) in [5, 5.41) is 6.42. The highest BCUT2D eigenvalue weighted by Gasteiger charge is 2.10. The molecule has 0 atom stereocenters. The van der Waals surface area contributed by atoms with Gasteiger partial charge in [-0.25, -0.2) is 10.2 Å². The van der Waals surface area contributed by atoms with Crippen LogP contribution >= 0.6 is 22.6 Å². The first-order valence-corrected chi connectivity index (χ1v) is 11.0. The molecule has 0 aliphatic rings. The van der Waals surface area contributed by atoms with Crippen LogP contribution in [0.15, 0.2) is 90.0 Å². The van der Waals surface area contributed by atoms with Crippen LogP contribution in [-0.2, 0) is 9.59 Å². The molecule has 0 spiro atoms. The van der Waals surface area contributed by atoms with E-state index < -0.39 is 11.9 Å². The van der Waals surface area contributed by atoms with Gasteiger partial charge in [0.05, 0.1) is 18.3 Å². The molecule has 2 amide bonds. The van der Waals surface area contributed by atoms with Crippen LogP contribution in [-0.4, -0.2) is 30.5 Å². The molecule has 33 heavy (non-hydrogen) atoms. The van der Waals surface area contributed by atoms with Gasteiger partial charge in [0, 0.05) is 9.65 Å². The minimum atomic E-state index is -0.486. The van der Waals surface area contributed by atoms with E-state index in [9.17, 15) is 14.4 Å². The van der Waals surface area contributed by atoms with Crippen LogP contribution in [0.2, 0.25) is 0 Å². The van der Waals surface area contributed by atoms with Gasteiger partial charge in [0.2, 0.25) is 0 Å². The standard InChI is InChI=1S/C25H20IN3O4/c26-22-9-5-4-8-21(22)25(32)27-17-23(30)29-28-16-19-10-13-20(14-11-19)33-24(31)15-12-18-6-2-1-3-7-18/h1-16H,17H2,(H,27,32)(H,29,30)/b15-12+,28-16+. The molecular formula is C25H20IN3O4. The molecule has 7 nitrogen and oxygen atoms in total. The molecule has 0 aromatic heterocycles. The first kappa shape index (κ1) is 23.9. The third kappa shape index (κ3) is 8.00. The zero-order valence-corrected chi connectivity index (χ0v) is 19.6. The van der Waals surface area contributed by atoms with Crippen molar-refractivity contribution < 1.29 is 19.1 Å². The van der Waals surface area contributed by atoms with Crippen LogP contribution in [0.4, 0.5) is 0 Å². The number of amides is 2. The SMILES string of the molecule is O=C(CNC(=O)c1ccccc1I)N/N=C/c1ccc(OC(=O)/C=C/c2ccccc2)cc1. The summed E-state index contributed by atoms with van der Waals surface area (Å²) >= 11 is 2.06. The second-order valence-corrected chi connectivity index (χ2v) is 7.85. The van der Waals surface area contributed by atoms with Crippen LogP contribution < -0.4 is 15.5 Å². The minimum absolute atomic E-state index is 0.202. The number of nitrogens with one attached hydrogen (secondary N) is 2. The quantitative estimate of drug-likeness (QED) is 0.111. The number of hydrogen-bond acceptors (Lipinski definition) is 5. The predicted molar refractivity (Wildman–Crippen MR) is 135 cm³/mol. The van der Waals surface area contributed by atoms with E-state index in [0.29, 0.717) is 16.9 Å². The molecule has 0 fully saturated rings. The maximum absolute atomic E-state index is 12.1. The molecule has 166 valence electrons. The van der Waals surface area contributed by atoms with E-state index in [-0.39, 0.29) is 12.5 Å². The maximum atomic E-state index is 12.1. The third-order valence-corrected chi connectivity index (χ3v) is 5.18. The Labute approximate surface area is 204 Å². The van der Waals surface area contributed by atoms with E-state index >= 15 is 0 Å². The lowest BCUT2D eigenvalue weighted by molar-refractivity contribution is -0.129. The molecule has 0 heterocycles. The van der Waals surface area contributed by atoms with Gasteiger partial charge in [-0.05, 0) is 76.2 Å². The van der Waals surface area contributed by atoms with Crippen LogP contribution in [0.25, 0.3) is 6.08 Å². The maximum Gasteiger partial charge on any atom is 0.336 e. The molecule has 0 radical (unpaired) electrons. The number of nitrogens with zero attached hydrogens (tertiary/aromatic N) is 1. The molecule has 3 aromatic rings. The normalized spacial score (nSPS) is 10.8. The Morgan fingerprint density at radius 3 is 2.30 bits per heavy atom. The molecule has 3 aromatic carbocycles. The molecule has 3 rings (SSSR count). The highest BCUT2D eigenvalue weighted by atomic mass is 127. The van der Waals surface area contributed by atoms with Crippen LogP contribution in [0, 0.1) is 3.57 Å². The number of hydrazone groups is 1. The fraction of sp³-hybridized carbons (Fsp3) is 0.0400. The number of esters is 1. The molecule has 0 bridgehead atoms. The van der Waals surface area contributed by atoms with Gasteiger partial charge in [0.25, 0.3) is 11.8 Å². The van der Waals surface area contributed by atoms with E-state index in [1.54, 1.807) is 42.5 Å². The highest BCUT2D eigenvalue weighted by molar-refractivity contribution is 14.1. The van der Waals surface area contributed by atoms with Gasteiger partial charge in [-0.15, -0.1) is 0 Å². The number of carbonyl (C=O) groups is 3. The topological polar surface area (TPSA) is 96.9 Å². The summed E-state index contributed by atoms with van der Waals surface area (Å²) in [6.07, 6.45) is 4.48. The number of carbonyl (C=O) groups excluding carboxylic acids is 3. The summed E-state index contributed by atoms with van der Waals surface area (Å²) in [6.45, 7) is -0.202. The van der Waals surface area contributed by atoms with Crippen molar-refractivity contribution in [2.45, 2.75) is 0 Å². The molecule has 0 saturated heterocycles. The first-order chi connectivity index (χ1) is 16.0. The fourth-order valence-electron chi connectivity index (χ4n) is 2.62. The van der Waals surface area contributed by atoms with Gasteiger partial charge in [0.15, 0.2) is 0 Å². The summed E-state index contributed by atoms with van der Waals surface area (Å²) in [7, 11) is 0. The van der Waals surface area contributed by atoms with Crippen molar-refractivity contribution >= 4 is 52.7 Å². The average molecular weight is 553 g/mol. The van der Waals surface area contributed by atoms with Gasteiger partial charge in [-0.2, -0.15) is 5.10 Å². The van der Waals surface area contributed by atoms with Crippen molar-refractivity contribution in [1.82, 2.24) is 10.7 Å². The van der Waals surface area contributed by atoms with Crippen LogP contribution in [0.5, 0.6) is 5.75 Å². The second kappa shape index (κ2) is 12.3. The Morgan fingerprint density at radius 1 is 0.879 bits per heavy atom. The Balaban J connectivity index is 1.42.